The van der Waals surface area contributed by atoms with Crippen LogP contribution in [-0.2, 0) is 13.2 Å². The Morgan fingerprint density at radius 3 is 1.66 bits per heavy atom. The van der Waals surface area contributed by atoms with Gasteiger partial charge in [-0.25, -0.2) is 9.97 Å². The lowest BCUT2D eigenvalue weighted by Gasteiger charge is -2.08. The molecule has 0 aliphatic rings. The number of pyridine rings is 2. The van der Waals surface area contributed by atoms with Crippen LogP contribution >= 0.6 is 11.6 Å². The molecular weight excluding hydrogens is 528 g/mol. The lowest BCUT2D eigenvalue weighted by Crippen LogP contribution is -1.98. The highest BCUT2D eigenvalue weighted by molar-refractivity contribution is 6.29. The zero-order chi connectivity index (χ0) is 29.2. The maximum Gasteiger partial charge on any atom is 0.214 e. The van der Waals surface area contributed by atoms with Gasteiger partial charge in [0.1, 0.15) is 11.8 Å². The molecule has 5 heteroatoms. The highest BCUT2D eigenvalue weighted by Gasteiger charge is 2.03. The number of fused-ring (bicyclic) bond motifs is 2. The topological polar surface area (TPSA) is 55.2 Å². The minimum atomic E-state index is 0.139. The van der Waals surface area contributed by atoms with Gasteiger partial charge in [0.25, 0.3) is 0 Å². The number of aliphatic hydroxyl groups excluding tert-OH is 1. The Labute approximate surface area is 247 Å². The van der Waals surface area contributed by atoms with Crippen LogP contribution in [-0.4, -0.2) is 15.1 Å². The zero-order valence-corrected chi connectivity index (χ0v) is 24.7. The van der Waals surface area contributed by atoms with Gasteiger partial charge in [0, 0.05) is 16.8 Å². The molecule has 0 unspecified atom stereocenters. The van der Waals surface area contributed by atoms with E-state index in [1.165, 1.54) is 33.0 Å². The Morgan fingerprint density at radius 2 is 1.10 bits per heavy atom. The van der Waals surface area contributed by atoms with Gasteiger partial charge >= 0.3 is 0 Å². The van der Waals surface area contributed by atoms with Crippen LogP contribution in [0.1, 0.15) is 33.4 Å². The van der Waals surface area contributed by atoms with Gasteiger partial charge < -0.3 is 9.84 Å². The number of aliphatic hydroxyl groups is 1. The summed E-state index contributed by atoms with van der Waals surface area (Å²) in [6.45, 7) is 8.92. The zero-order valence-electron chi connectivity index (χ0n) is 23.9. The maximum absolute atomic E-state index is 8.63. The van der Waals surface area contributed by atoms with E-state index >= 15 is 0 Å². The van der Waals surface area contributed by atoms with E-state index in [1.807, 2.05) is 92.7 Å². The number of halogens is 1. The number of hydrogen-bond acceptors (Lipinski definition) is 4. The van der Waals surface area contributed by atoms with Crippen molar-refractivity contribution in [3.8, 4) is 5.88 Å². The molecule has 6 rings (SSSR count). The number of aryl methyl sites for hydroxylation is 4. The van der Waals surface area contributed by atoms with Crippen LogP contribution in [0.15, 0.2) is 109 Å². The van der Waals surface area contributed by atoms with Crippen molar-refractivity contribution in [2.24, 2.45) is 0 Å². The third kappa shape index (κ3) is 8.62. The molecule has 4 aromatic carbocycles. The van der Waals surface area contributed by atoms with Crippen molar-refractivity contribution >= 4 is 33.4 Å². The van der Waals surface area contributed by atoms with E-state index in [-0.39, 0.29) is 6.61 Å². The quantitative estimate of drug-likeness (QED) is 0.218. The van der Waals surface area contributed by atoms with Crippen LogP contribution in [0.5, 0.6) is 5.88 Å². The number of ether oxygens (including phenoxy) is 1. The molecule has 0 atom stereocenters. The molecule has 41 heavy (non-hydrogen) atoms. The van der Waals surface area contributed by atoms with E-state index < -0.39 is 0 Å². The summed E-state index contributed by atoms with van der Waals surface area (Å²) in [5, 5.41) is 11.5. The van der Waals surface area contributed by atoms with E-state index in [0.29, 0.717) is 17.6 Å². The smallest absolute Gasteiger partial charge is 0.214 e. The number of para-hydroxylation sites is 2. The van der Waals surface area contributed by atoms with Crippen molar-refractivity contribution in [3.63, 3.8) is 0 Å². The molecular formula is C36H35ClN2O2. The highest BCUT2D eigenvalue weighted by Crippen LogP contribution is 2.22. The number of hydrogen-bond donors (Lipinski definition) is 1. The summed E-state index contributed by atoms with van der Waals surface area (Å²) >= 11 is 5.81. The molecule has 0 radical (unpaired) electrons. The summed E-state index contributed by atoms with van der Waals surface area (Å²) in [4.78, 5) is 8.75. The van der Waals surface area contributed by atoms with Gasteiger partial charge in [-0.05, 0) is 68.1 Å². The molecule has 0 spiro atoms. The van der Waals surface area contributed by atoms with Gasteiger partial charge in [0.2, 0.25) is 5.88 Å². The fraction of sp³-hybridized carbons (Fsp3) is 0.167. The molecule has 0 amide bonds. The van der Waals surface area contributed by atoms with Gasteiger partial charge in [-0.15, -0.1) is 0 Å². The first-order valence-corrected chi connectivity index (χ1v) is 13.9. The van der Waals surface area contributed by atoms with Gasteiger partial charge in [-0.2, -0.15) is 0 Å². The number of rotatable bonds is 4. The molecule has 0 aliphatic heterocycles. The van der Waals surface area contributed by atoms with Gasteiger partial charge in [0.05, 0.1) is 17.6 Å². The van der Waals surface area contributed by atoms with Gasteiger partial charge in [0.15, 0.2) is 0 Å². The van der Waals surface area contributed by atoms with E-state index in [9.17, 15) is 0 Å². The summed E-state index contributed by atoms with van der Waals surface area (Å²) < 4.78 is 5.81. The molecule has 0 saturated carbocycles. The Bertz CT molecular complexity index is 1720. The standard InChI is InChI=1S/C18H17NO.C10H8ClN.C8H10O/c1-13-7-9-15(10-8-13)12-20-18-11-14(2)16-5-3-4-6-17(16)19-18;1-7-6-10(11)12-9-5-3-2-4-8(7)9;1-7-2-4-8(6-9)5-3-7/h3-11H,12H2,1-2H3;2-6H,1H3;2-5,9H,6H2,1H3. The fourth-order valence-electron chi connectivity index (χ4n) is 4.24. The predicted octanol–water partition coefficient (Wildman–Crippen LogP) is 9.11. The highest BCUT2D eigenvalue weighted by atomic mass is 35.5. The van der Waals surface area contributed by atoms with Crippen LogP contribution in [0.3, 0.4) is 0 Å². The van der Waals surface area contributed by atoms with Crippen molar-refractivity contribution in [1.29, 1.82) is 0 Å². The average Bonchev–Trinajstić information content (AvgIpc) is 2.98. The normalized spacial score (nSPS) is 10.4. The maximum atomic E-state index is 8.63. The summed E-state index contributed by atoms with van der Waals surface area (Å²) in [5.41, 5.74) is 8.92. The lowest BCUT2D eigenvalue weighted by atomic mass is 10.1. The minimum Gasteiger partial charge on any atom is -0.473 e. The van der Waals surface area contributed by atoms with Crippen molar-refractivity contribution in [1.82, 2.24) is 9.97 Å². The van der Waals surface area contributed by atoms with Gasteiger partial charge in [-0.3, -0.25) is 0 Å². The van der Waals surface area contributed by atoms with Crippen molar-refractivity contribution in [2.75, 3.05) is 0 Å². The van der Waals surface area contributed by atoms with Crippen molar-refractivity contribution < 1.29 is 9.84 Å². The van der Waals surface area contributed by atoms with Crippen LogP contribution < -0.4 is 4.74 Å². The van der Waals surface area contributed by atoms with Crippen molar-refractivity contribution in [2.45, 2.75) is 40.9 Å². The summed E-state index contributed by atoms with van der Waals surface area (Å²) in [7, 11) is 0. The summed E-state index contributed by atoms with van der Waals surface area (Å²) in [5.74, 6) is 0.682. The first-order chi connectivity index (χ1) is 19.8. The second-order valence-corrected chi connectivity index (χ2v) is 10.4. The molecule has 1 N–H and O–H groups in total. The first-order valence-electron chi connectivity index (χ1n) is 13.6. The molecule has 208 valence electrons. The predicted molar refractivity (Wildman–Crippen MR) is 171 cm³/mol. The Balaban J connectivity index is 0.000000156. The SMILES string of the molecule is Cc1cc(Cl)nc2ccccc12.Cc1ccc(CO)cc1.Cc1ccc(COc2cc(C)c3ccccc3n2)cc1. The number of benzene rings is 4. The second kappa shape index (κ2) is 14.4. The Kier molecular flexibility index (Phi) is 10.4. The fourth-order valence-corrected chi connectivity index (χ4v) is 4.49. The molecule has 0 saturated heterocycles. The van der Waals surface area contributed by atoms with E-state index in [0.717, 1.165) is 22.2 Å². The second-order valence-electron chi connectivity index (χ2n) is 9.99. The van der Waals surface area contributed by atoms with E-state index in [1.54, 1.807) is 0 Å². The summed E-state index contributed by atoms with van der Waals surface area (Å²) in [6.07, 6.45) is 0. The molecule has 0 fully saturated rings. The largest absolute Gasteiger partial charge is 0.473 e. The number of nitrogens with zero attached hydrogens (tertiary/aromatic N) is 2. The Hall–Kier alpha value is -4.25. The molecule has 2 heterocycles. The molecule has 6 aromatic rings. The van der Waals surface area contributed by atoms with E-state index in [2.05, 4.69) is 54.1 Å². The monoisotopic (exact) mass is 562 g/mol. The molecule has 0 bridgehead atoms. The lowest BCUT2D eigenvalue weighted by molar-refractivity contribution is 0.282. The number of aromatic nitrogens is 2. The van der Waals surface area contributed by atoms with Crippen LogP contribution in [0.2, 0.25) is 5.15 Å². The Morgan fingerprint density at radius 1 is 0.610 bits per heavy atom. The first kappa shape index (κ1) is 29.7. The summed E-state index contributed by atoms with van der Waals surface area (Å²) in [6, 6.07) is 36.2. The average molecular weight is 563 g/mol. The third-order valence-electron chi connectivity index (χ3n) is 6.60. The van der Waals surface area contributed by atoms with Gasteiger partial charge in [-0.1, -0.05) is 108 Å². The molecule has 4 nitrogen and oxygen atoms in total. The minimum absolute atomic E-state index is 0.139. The third-order valence-corrected chi connectivity index (χ3v) is 6.80. The molecule has 0 aliphatic carbocycles. The van der Waals surface area contributed by atoms with Crippen LogP contribution in [0, 0.1) is 27.7 Å². The van der Waals surface area contributed by atoms with E-state index in [4.69, 9.17) is 21.4 Å². The van der Waals surface area contributed by atoms with Crippen molar-refractivity contribution in [3.05, 3.63) is 148 Å². The molecule has 2 aromatic heterocycles. The van der Waals surface area contributed by atoms with Crippen LogP contribution in [0.4, 0.5) is 0 Å². The van der Waals surface area contributed by atoms with Crippen LogP contribution in [0.25, 0.3) is 21.8 Å².